The number of carbonyl (C=O) groups is 2. The standard InChI is InChI=1S/C6H9NO5/c1-12-6(9)3-2-5(8)4-7(10)11/h2-4H2,1H3. The molecule has 0 aromatic heterocycles. The van der Waals surface area contributed by atoms with E-state index in [-0.39, 0.29) is 12.8 Å². The Bertz CT molecular complexity index is 200. The fourth-order valence-corrected chi connectivity index (χ4v) is 0.567. The molecule has 0 unspecified atom stereocenters. The van der Waals surface area contributed by atoms with Gasteiger partial charge in [0.2, 0.25) is 5.78 Å². The van der Waals surface area contributed by atoms with Gasteiger partial charge in [-0.05, 0) is 0 Å². The zero-order chi connectivity index (χ0) is 9.56. The minimum atomic E-state index is -0.725. The highest BCUT2D eigenvalue weighted by Gasteiger charge is 2.11. The van der Waals surface area contributed by atoms with E-state index in [1.54, 1.807) is 0 Å². The molecule has 0 aliphatic carbocycles. The number of Topliss-reactive ketones (excluding diaryl/α,β-unsaturated/α-hetero) is 1. The number of ketones is 1. The molecule has 6 heteroatoms. The van der Waals surface area contributed by atoms with Crippen LogP contribution < -0.4 is 0 Å². The number of hydrogen-bond acceptors (Lipinski definition) is 5. The molecule has 0 aliphatic heterocycles. The van der Waals surface area contributed by atoms with E-state index in [4.69, 9.17) is 0 Å². The summed E-state index contributed by atoms with van der Waals surface area (Å²) in [5.41, 5.74) is 0. The van der Waals surface area contributed by atoms with Gasteiger partial charge in [-0.15, -0.1) is 0 Å². The molecule has 0 amide bonds. The summed E-state index contributed by atoms with van der Waals surface area (Å²) in [6.45, 7) is -0.725. The SMILES string of the molecule is COC(=O)CCC(=O)C[N+](=O)[O-]. The molecule has 0 atom stereocenters. The predicted molar refractivity (Wildman–Crippen MR) is 38.1 cm³/mol. The first kappa shape index (κ1) is 10.5. The molecular formula is C6H9NO5. The Morgan fingerprint density at radius 1 is 1.42 bits per heavy atom. The first-order chi connectivity index (χ1) is 5.56. The smallest absolute Gasteiger partial charge is 0.305 e. The summed E-state index contributed by atoms with van der Waals surface area (Å²) in [5.74, 6) is -1.10. The van der Waals surface area contributed by atoms with Crippen LogP contribution in [0.15, 0.2) is 0 Å². The average molecular weight is 175 g/mol. The van der Waals surface area contributed by atoms with Crippen molar-refractivity contribution in [3.8, 4) is 0 Å². The van der Waals surface area contributed by atoms with E-state index in [1.807, 2.05) is 0 Å². The normalized spacial score (nSPS) is 9.08. The Morgan fingerprint density at radius 3 is 2.42 bits per heavy atom. The van der Waals surface area contributed by atoms with Crippen LogP contribution >= 0.6 is 0 Å². The number of carbonyl (C=O) groups excluding carboxylic acids is 2. The zero-order valence-electron chi connectivity index (χ0n) is 6.61. The number of nitrogens with zero attached hydrogens (tertiary/aromatic N) is 1. The number of rotatable bonds is 5. The molecule has 0 N–H and O–H groups in total. The van der Waals surface area contributed by atoms with Gasteiger partial charge in [0, 0.05) is 11.3 Å². The van der Waals surface area contributed by atoms with Gasteiger partial charge in [-0.25, -0.2) is 0 Å². The largest absolute Gasteiger partial charge is 0.469 e. The van der Waals surface area contributed by atoms with Crippen molar-refractivity contribution in [2.45, 2.75) is 12.8 Å². The third-order valence-corrected chi connectivity index (χ3v) is 1.14. The molecule has 0 aromatic rings. The maximum absolute atomic E-state index is 10.6. The van der Waals surface area contributed by atoms with E-state index >= 15 is 0 Å². The number of hydrogen-bond donors (Lipinski definition) is 0. The number of nitro groups is 1. The second kappa shape index (κ2) is 5.22. The second-order valence-corrected chi connectivity index (χ2v) is 2.11. The topological polar surface area (TPSA) is 86.5 Å². The maximum Gasteiger partial charge on any atom is 0.305 e. The lowest BCUT2D eigenvalue weighted by molar-refractivity contribution is -0.467. The molecular weight excluding hydrogens is 166 g/mol. The molecule has 0 saturated carbocycles. The van der Waals surface area contributed by atoms with Gasteiger partial charge in [0.15, 0.2) is 0 Å². The van der Waals surface area contributed by atoms with Crippen molar-refractivity contribution < 1.29 is 19.2 Å². The van der Waals surface area contributed by atoms with Crippen LogP contribution in [-0.2, 0) is 14.3 Å². The van der Waals surface area contributed by atoms with Crippen LogP contribution in [0.2, 0.25) is 0 Å². The van der Waals surface area contributed by atoms with Crippen molar-refractivity contribution in [1.82, 2.24) is 0 Å². The van der Waals surface area contributed by atoms with Crippen molar-refractivity contribution in [3.63, 3.8) is 0 Å². The number of esters is 1. The third kappa shape index (κ3) is 5.33. The molecule has 12 heavy (non-hydrogen) atoms. The summed E-state index contributed by atoms with van der Waals surface area (Å²) in [5, 5.41) is 9.79. The highest BCUT2D eigenvalue weighted by molar-refractivity contribution is 5.83. The van der Waals surface area contributed by atoms with Crippen LogP contribution in [0.5, 0.6) is 0 Å². The fourth-order valence-electron chi connectivity index (χ4n) is 0.567. The third-order valence-electron chi connectivity index (χ3n) is 1.14. The highest BCUT2D eigenvalue weighted by atomic mass is 16.6. The molecule has 0 rings (SSSR count). The number of ether oxygens (including phenoxy) is 1. The van der Waals surface area contributed by atoms with Gasteiger partial charge in [0.05, 0.1) is 13.5 Å². The van der Waals surface area contributed by atoms with Crippen molar-refractivity contribution in [2.75, 3.05) is 13.7 Å². The monoisotopic (exact) mass is 175 g/mol. The lowest BCUT2D eigenvalue weighted by atomic mass is 10.2. The van der Waals surface area contributed by atoms with Crippen LogP contribution in [0.4, 0.5) is 0 Å². The highest BCUT2D eigenvalue weighted by Crippen LogP contribution is 1.93. The Hall–Kier alpha value is -1.46. The molecule has 0 spiro atoms. The van der Waals surface area contributed by atoms with Crippen molar-refractivity contribution in [2.24, 2.45) is 0 Å². The first-order valence-corrected chi connectivity index (χ1v) is 3.26. The van der Waals surface area contributed by atoms with E-state index in [2.05, 4.69) is 4.74 Å². The maximum atomic E-state index is 10.6. The van der Waals surface area contributed by atoms with E-state index in [0.717, 1.165) is 0 Å². The van der Waals surface area contributed by atoms with Crippen molar-refractivity contribution in [1.29, 1.82) is 0 Å². The molecule has 0 heterocycles. The summed E-state index contributed by atoms with van der Waals surface area (Å²) in [6, 6.07) is 0. The summed E-state index contributed by atoms with van der Waals surface area (Å²) in [4.78, 5) is 30.2. The minimum Gasteiger partial charge on any atom is -0.469 e. The Labute approximate surface area is 68.7 Å². The summed E-state index contributed by atoms with van der Waals surface area (Å²) < 4.78 is 4.24. The molecule has 6 nitrogen and oxygen atoms in total. The quantitative estimate of drug-likeness (QED) is 0.327. The van der Waals surface area contributed by atoms with Crippen LogP contribution in [0.3, 0.4) is 0 Å². The molecule has 0 saturated heterocycles. The molecule has 0 radical (unpaired) electrons. The second-order valence-electron chi connectivity index (χ2n) is 2.11. The van der Waals surface area contributed by atoms with Crippen LogP contribution in [0, 0.1) is 10.1 Å². The molecule has 0 fully saturated rings. The Kier molecular flexibility index (Phi) is 4.59. The zero-order valence-corrected chi connectivity index (χ0v) is 6.61. The minimum absolute atomic E-state index is 0.0941. The van der Waals surface area contributed by atoms with Crippen molar-refractivity contribution >= 4 is 11.8 Å². The van der Waals surface area contributed by atoms with Crippen LogP contribution in [0.25, 0.3) is 0 Å². The van der Waals surface area contributed by atoms with E-state index in [1.165, 1.54) is 7.11 Å². The van der Waals surface area contributed by atoms with Crippen molar-refractivity contribution in [3.05, 3.63) is 10.1 Å². The van der Waals surface area contributed by atoms with E-state index < -0.39 is 23.2 Å². The van der Waals surface area contributed by atoms with Crippen LogP contribution in [0.1, 0.15) is 12.8 Å². The molecule has 0 bridgehead atoms. The molecule has 0 aromatic carbocycles. The van der Waals surface area contributed by atoms with Gasteiger partial charge in [-0.1, -0.05) is 0 Å². The average Bonchev–Trinajstić information content (AvgIpc) is 1.99. The van der Waals surface area contributed by atoms with Gasteiger partial charge in [-0.2, -0.15) is 0 Å². The van der Waals surface area contributed by atoms with Crippen LogP contribution in [-0.4, -0.2) is 30.3 Å². The predicted octanol–water partition coefficient (Wildman–Crippen LogP) is -0.215. The molecule has 68 valence electrons. The van der Waals surface area contributed by atoms with Gasteiger partial charge in [-0.3, -0.25) is 19.7 Å². The summed E-state index contributed by atoms with van der Waals surface area (Å²) >= 11 is 0. The van der Waals surface area contributed by atoms with Gasteiger partial charge in [0.25, 0.3) is 6.54 Å². The lowest BCUT2D eigenvalue weighted by Crippen LogP contribution is -2.15. The Balaban J connectivity index is 3.57. The summed E-state index contributed by atoms with van der Waals surface area (Å²) in [7, 11) is 1.19. The van der Waals surface area contributed by atoms with Gasteiger partial charge >= 0.3 is 5.97 Å². The fraction of sp³-hybridized carbons (Fsp3) is 0.667. The Morgan fingerprint density at radius 2 is 2.00 bits per heavy atom. The van der Waals surface area contributed by atoms with E-state index in [0.29, 0.717) is 0 Å². The number of methoxy groups -OCH3 is 1. The van der Waals surface area contributed by atoms with E-state index in [9.17, 15) is 19.7 Å². The van der Waals surface area contributed by atoms with Gasteiger partial charge < -0.3 is 4.74 Å². The van der Waals surface area contributed by atoms with Gasteiger partial charge in [0.1, 0.15) is 0 Å². The summed E-state index contributed by atoms with van der Waals surface area (Å²) in [6.07, 6.45) is -0.225. The lowest BCUT2D eigenvalue weighted by Gasteiger charge is -1.95. The first-order valence-electron chi connectivity index (χ1n) is 3.26. The molecule has 0 aliphatic rings.